The van der Waals surface area contributed by atoms with Crippen molar-refractivity contribution in [3.63, 3.8) is 0 Å². The standard InChI is InChI=1S/C25H20ClN5OS/c1-14-3-8-17-18(9-10-28-20(17)11-15-4-6-16(26)7-5-15)21(14)31-25(32)19-12-33-23-22(19)29-13-30-24(23)27-2/h3-10,12-13H,11H2,1-2H3,(H,31,32)(H,27,29,30). The summed E-state index contributed by atoms with van der Waals surface area (Å²) >= 11 is 7.47. The Hall–Kier alpha value is -3.55. The molecule has 0 fully saturated rings. The molecule has 0 saturated carbocycles. The highest BCUT2D eigenvalue weighted by molar-refractivity contribution is 7.18. The van der Waals surface area contributed by atoms with Gasteiger partial charge in [0.25, 0.3) is 5.91 Å². The summed E-state index contributed by atoms with van der Waals surface area (Å²) in [6, 6.07) is 13.8. The molecule has 8 heteroatoms. The van der Waals surface area contributed by atoms with Crippen molar-refractivity contribution < 1.29 is 4.79 Å². The third-order valence-electron chi connectivity index (χ3n) is 5.59. The van der Waals surface area contributed by atoms with Crippen LogP contribution >= 0.6 is 22.9 Å². The van der Waals surface area contributed by atoms with Crippen molar-refractivity contribution >= 4 is 61.3 Å². The molecule has 0 saturated heterocycles. The lowest BCUT2D eigenvalue weighted by Crippen LogP contribution is -2.13. The Labute approximate surface area is 199 Å². The van der Waals surface area contributed by atoms with Gasteiger partial charge in [0.2, 0.25) is 0 Å². The van der Waals surface area contributed by atoms with Crippen molar-refractivity contribution in [2.75, 3.05) is 17.7 Å². The van der Waals surface area contributed by atoms with Gasteiger partial charge in [-0.2, -0.15) is 0 Å². The molecule has 0 radical (unpaired) electrons. The molecule has 0 spiro atoms. The predicted octanol–water partition coefficient (Wildman–Crippen LogP) is 6.09. The van der Waals surface area contributed by atoms with Crippen LogP contribution in [0.4, 0.5) is 11.5 Å². The first-order chi connectivity index (χ1) is 16.0. The lowest BCUT2D eigenvalue weighted by molar-refractivity contribution is 0.102. The Morgan fingerprint density at radius 1 is 1.03 bits per heavy atom. The summed E-state index contributed by atoms with van der Waals surface area (Å²) in [4.78, 5) is 26.5. The topological polar surface area (TPSA) is 79.8 Å². The second kappa shape index (κ2) is 8.77. The van der Waals surface area contributed by atoms with Gasteiger partial charge in [-0.3, -0.25) is 9.78 Å². The first-order valence-electron chi connectivity index (χ1n) is 10.4. The summed E-state index contributed by atoms with van der Waals surface area (Å²) in [6.07, 6.45) is 3.93. The van der Waals surface area contributed by atoms with Gasteiger partial charge in [0.1, 0.15) is 12.1 Å². The van der Waals surface area contributed by atoms with E-state index in [1.807, 2.05) is 48.7 Å². The normalized spacial score (nSPS) is 11.1. The molecular formula is C25H20ClN5OS. The molecule has 2 aromatic carbocycles. The van der Waals surface area contributed by atoms with Crippen LogP contribution in [0.3, 0.4) is 0 Å². The number of benzene rings is 2. The average Bonchev–Trinajstić information content (AvgIpc) is 3.27. The maximum absolute atomic E-state index is 13.3. The zero-order valence-corrected chi connectivity index (χ0v) is 19.6. The SMILES string of the molecule is CNc1ncnc2c(C(=O)Nc3c(C)ccc4c(Cc5ccc(Cl)cc5)nccc34)csc12. The Kier molecular flexibility index (Phi) is 5.66. The fraction of sp³-hybridized carbons (Fsp3) is 0.120. The molecule has 1 amide bonds. The fourth-order valence-electron chi connectivity index (χ4n) is 3.90. The summed E-state index contributed by atoms with van der Waals surface area (Å²) in [7, 11) is 1.80. The van der Waals surface area contributed by atoms with Gasteiger partial charge in [0.05, 0.1) is 27.2 Å². The number of fused-ring (bicyclic) bond motifs is 2. The van der Waals surface area contributed by atoms with Crippen molar-refractivity contribution in [1.29, 1.82) is 0 Å². The summed E-state index contributed by atoms with van der Waals surface area (Å²) in [6.45, 7) is 1.99. The van der Waals surface area contributed by atoms with E-state index in [-0.39, 0.29) is 5.91 Å². The zero-order valence-electron chi connectivity index (χ0n) is 18.0. The maximum atomic E-state index is 13.3. The number of anilines is 2. The summed E-state index contributed by atoms with van der Waals surface area (Å²) < 4.78 is 0.856. The van der Waals surface area contributed by atoms with Crippen molar-refractivity contribution in [2.45, 2.75) is 13.3 Å². The number of hydrogen-bond donors (Lipinski definition) is 2. The van der Waals surface area contributed by atoms with E-state index in [0.29, 0.717) is 28.3 Å². The van der Waals surface area contributed by atoms with Crippen molar-refractivity contribution in [2.24, 2.45) is 0 Å². The molecule has 3 heterocycles. The number of thiophene rings is 1. The molecule has 6 nitrogen and oxygen atoms in total. The molecule has 2 N–H and O–H groups in total. The number of amides is 1. The summed E-state index contributed by atoms with van der Waals surface area (Å²) in [5.74, 6) is 0.511. The highest BCUT2D eigenvalue weighted by Gasteiger charge is 2.18. The van der Waals surface area contributed by atoms with Crippen LogP contribution in [0, 0.1) is 6.92 Å². The highest BCUT2D eigenvalue weighted by atomic mass is 35.5. The minimum Gasteiger partial charge on any atom is -0.372 e. The van der Waals surface area contributed by atoms with Crippen LogP contribution < -0.4 is 10.6 Å². The molecule has 5 aromatic rings. The molecule has 0 atom stereocenters. The number of rotatable bonds is 5. The Morgan fingerprint density at radius 2 is 1.85 bits per heavy atom. The molecule has 0 bridgehead atoms. The number of hydrogen-bond acceptors (Lipinski definition) is 6. The summed E-state index contributed by atoms with van der Waals surface area (Å²) in [5, 5.41) is 10.7. The van der Waals surface area contributed by atoms with Crippen LogP contribution in [0.15, 0.2) is 60.4 Å². The van der Waals surface area contributed by atoms with E-state index in [2.05, 4.69) is 31.7 Å². The van der Waals surface area contributed by atoms with Gasteiger partial charge in [0.15, 0.2) is 0 Å². The van der Waals surface area contributed by atoms with Gasteiger partial charge < -0.3 is 10.6 Å². The van der Waals surface area contributed by atoms with E-state index >= 15 is 0 Å². The van der Waals surface area contributed by atoms with E-state index in [1.165, 1.54) is 17.7 Å². The number of halogens is 1. The molecule has 5 rings (SSSR count). The quantitative estimate of drug-likeness (QED) is 0.323. The van der Waals surface area contributed by atoms with Gasteiger partial charge in [-0.1, -0.05) is 35.9 Å². The van der Waals surface area contributed by atoms with Gasteiger partial charge >= 0.3 is 0 Å². The summed E-state index contributed by atoms with van der Waals surface area (Å²) in [5.41, 5.74) is 4.98. The van der Waals surface area contributed by atoms with Gasteiger partial charge in [-0.05, 0) is 36.2 Å². The van der Waals surface area contributed by atoms with E-state index in [1.54, 1.807) is 13.2 Å². The van der Waals surface area contributed by atoms with Crippen molar-refractivity contribution in [1.82, 2.24) is 15.0 Å². The van der Waals surface area contributed by atoms with E-state index < -0.39 is 0 Å². The molecule has 0 aliphatic carbocycles. The molecule has 33 heavy (non-hydrogen) atoms. The van der Waals surface area contributed by atoms with Crippen LogP contribution in [0.25, 0.3) is 21.0 Å². The lowest BCUT2D eigenvalue weighted by atomic mass is 10.00. The van der Waals surface area contributed by atoms with Crippen LogP contribution in [0.1, 0.15) is 27.2 Å². The number of carbonyl (C=O) groups excluding carboxylic acids is 1. The first-order valence-corrected chi connectivity index (χ1v) is 11.6. The maximum Gasteiger partial charge on any atom is 0.258 e. The predicted molar refractivity (Wildman–Crippen MR) is 136 cm³/mol. The average molecular weight is 474 g/mol. The van der Waals surface area contributed by atoms with Crippen LogP contribution in [-0.2, 0) is 6.42 Å². The molecule has 0 aliphatic rings. The van der Waals surface area contributed by atoms with Gasteiger partial charge in [0, 0.05) is 40.8 Å². The highest BCUT2D eigenvalue weighted by Crippen LogP contribution is 2.32. The largest absolute Gasteiger partial charge is 0.372 e. The number of carbonyl (C=O) groups is 1. The number of aryl methyl sites for hydroxylation is 1. The number of nitrogens with zero attached hydrogens (tertiary/aromatic N) is 3. The second-order valence-corrected chi connectivity index (χ2v) is 8.98. The van der Waals surface area contributed by atoms with E-state index in [0.717, 1.165) is 38.0 Å². The Bertz CT molecular complexity index is 1500. The minimum atomic E-state index is -0.200. The third kappa shape index (κ3) is 4.01. The third-order valence-corrected chi connectivity index (χ3v) is 6.82. The number of pyridine rings is 1. The first kappa shape index (κ1) is 21.3. The second-order valence-electron chi connectivity index (χ2n) is 7.67. The number of nitrogens with one attached hydrogen (secondary N) is 2. The molecule has 3 aromatic heterocycles. The van der Waals surface area contributed by atoms with E-state index in [9.17, 15) is 4.79 Å². The van der Waals surface area contributed by atoms with Crippen molar-refractivity contribution in [3.05, 3.63) is 87.8 Å². The van der Waals surface area contributed by atoms with Crippen LogP contribution in [0.2, 0.25) is 5.02 Å². The zero-order chi connectivity index (χ0) is 22.9. The molecular weight excluding hydrogens is 454 g/mol. The fourth-order valence-corrected chi connectivity index (χ4v) is 5.02. The van der Waals surface area contributed by atoms with Crippen LogP contribution in [0.5, 0.6) is 0 Å². The molecule has 0 unspecified atom stereocenters. The minimum absolute atomic E-state index is 0.200. The Morgan fingerprint density at radius 3 is 2.64 bits per heavy atom. The molecule has 164 valence electrons. The smallest absolute Gasteiger partial charge is 0.258 e. The van der Waals surface area contributed by atoms with Crippen LogP contribution in [-0.4, -0.2) is 27.9 Å². The van der Waals surface area contributed by atoms with E-state index in [4.69, 9.17) is 11.6 Å². The number of aromatic nitrogens is 3. The van der Waals surface area contributed by atoms with Crippen molar-refractivity contribution in [3.8, 4) is 0 Å². The lowest BCUT2D eigenvalue weighted by Gasteiger charge is -2.14. The van der Waals surface area contributed by atoms with Gasteiger partial charge in [-0.25, -0.2) is 9.97 Å². The molecule has 0 aliphatic heterocycles. The monoisotopic (exact) mass is 473 g/mol. The van der Waals surface area contributed by atoms with Gasteiger partial charge in [-0.15, -0.1) is 11.3 Å². The Balaban J connectivity index is 1.53.